The van der Waals surface area contributed by atoms with Crippen LogP contribution in [-0.2, 0) is 18.9 Å². The molecule has 1 aliphatic heterocycles. The normalized spacial score (nSPS) is 13.9. The Morgan fingerprint density at radius 3 is 2.25 bits per heavy atom. The number of nitrogens with zero attached hydrogens (tertiary/aromatic N) is 3. The SMILES string of the molecule is Cc1ccccc1OCC(=O)Nc1cc2c(cc1N1CCCCC1)n(C)c(=O)c(=O)n2C. The van der Waals surface area contributed by atoms with Gasteiger partial charge in [0, 0.05) is 27.2 Å². The summed E-state index contributed by atoms with van der Waals surface area (Å²) in [5.74, 6) is 0.371. The van der Waals surface area contributed by atoms with Crippen molar-refractivity contribution in [1.82, 2.24) is 9.13 Å². The van der Waals surface area contributed by atoms with E-state index in [9.17, 15) is 14.4 Å². The average Bonchev–Trinajstić information content (AvgIpc) is 2.81. The summed E-state index contributed by atoms with van der Waals surface area (Å²) in [7, 11) is 3.17. The first-order valence-corrected chi connectivity index (χ1v) is 10.8. The minimum absolute atomic E-state index is 0.130. The van der Waals surface area contributed by atoms with Crippen LogP contribution in [0.25, 0.3) is 11.0 Å². The number of aryl methyl sites for hydroxylation is 3. The second kappa shape index (κ2) is 8.90. The van der Waals surface area contributed by atoms with E-state index < -0.39 is 11.1 Å². The Morgan fingerprint density at radius 1 is 0.969 bits per heavy atom. The van der Waals surface area contributed by atoms with E-state index in [0.29, 0.717) is 22.5 Å². The number of aromatic nitrogens is 2. The average molecular weight is 437 g/mol. The van der Waals surface area contributed by atoms with Crippen LogP contribution in [0.1, 0.15) is 24.8 Å². The number of para-hydroxylation sites is 1. The van der Waals surface area contributed by atoms with E-state index in [-0.39, 0.29) is 12.5 Å². The molecule has 32 heavy (non-hydrogen) atoms. The summed E-state index contributed by atoms with van der Waals surface area (Å²) in [5.41, 5.74) is 2.44. The smallest absolute Gasteiger partial charge is 0.316 e. The van der Waals surface area contributed by atoms with Gasteiger partial charge < -0.3 is 24.1 Å². The van der Waals surface area contributed by atoms with Gasteiger partial charge in [-0.25, -0.2) is 0 Å². The molecule has 0 unspecified atom stereocenters. The molecule has 1 fully saturated rings. The third-order valence-electron chi connectivity index (χ3n) is 6.03. The summed E-state index contributed by atoms with van der Waals surface area (Å²) in [6.45, 7) is 3.53. The molecule has 168 valence electrons. The third kappa shape index (κ3) is 4.12. The van der Waals surface area contributed by atoms with Gasteiger partial charge in [-0.15, -0.1) is 0 Å². The summed E-state index contributed by atoms with van der Waals surface area (Å²) in [4.78, 5) is 39.6. The van der Waals surface area contributed by atoms with Gasteiger partial charge in [-0.2, -0.15) is 0 Å². The quantitative estimate of drug-likeness (QED) is 0.622. The minimum atomic E-state index is -0.606. The second-order valence-electron chi connectivity index (χ2n) is 8.24. The van der Waals surface area contributed by atoms with Gasteiger partial charge in [-0.1, -0.05) is 18.2 Å². The number of benzene rings is 2. The Morgan fingerprint density at radius 2 is 1.59 bits per heavy atom. The standard InChI is InChI=1S/C24H28N4O4/c1-16-9-5-6-10-21(16)32-15-22(29)25-17-13-19-20(27(3)24(31)23(30)26(19)2)14-18(17)28-11-7-4-8-12-28/h5-6,9-10,13-14H,4,7-8,11-12,15H2,1-3H3,(H,25,29). The van der Waals surface area contributed by atoms with Crippen molar-refractivity contribution in [1.29, 1.82) is 0 Å². The molecule has 1 N–H and O–H groups in total. The van der Waals surface area contributed by atoms with E-state index in [1.807, 2.05) is 37.3 Å². The Labute approximate surface area is 186 Å². The highest BCUT2D eigenvalue weighted by atomic mass is 16.5. The number of ether oxygens (including phenoxy) is 1. The summed E-state index contributed by atoms with van der Waals surface area (Å²) < 4.78 is 8.40. The van der Waals surface area contributed by atoms with Crippen molar-refractivity contribution in [3.8, 4) is 5.75 Å². The van der Waals surface area contributed by atoms with Gasteiger partial charge in [-0.3, -0.25) is 14.4 Å². The van der Waals surface area contributed by atoms with Gasteiger partial charge in [0.15, 0.2) is 6.61 Å². The largest absolute Gasteiger partial charge is 0.483 e. The fourth-order valence-corrected chi connectivity index (χ4v) is 4.15. The van der Waals surface area contributed by atoms with E-state index in [4.69, 9.17) is 4.74 Å². The lowest BCUT2D eigenvalue weighted by Gasteiger charge is -2.31. The number of nitrogens with one attached hydrogen (secondary N) is 1. The summed E-state index contributed by atoms with van der Waals surface area (Å²) in [6, 6.07) is 11.2. The van der Waals surface area contributed by atoms with Gasteiger partial charge in [0.1, 0.15) is 5.75 Å². The van der Waals surface area contributed by atoms with Gasteiger partial charge in [0.05, 0.1) is 22.4 Å². The zero-order chi connectivity index (χ0) is 22.8. The maximum absolute atomic E-state index is 12.8. The van der Waals surface area contributed by atoms with Crippen LogP contribution in [0.4, 0.5) is 11.4 Å². The number of carbonyl (C=O) groups excluding carboxylic acids is 1. The van der Waals surface area contributed by atoms with Crippen molar-refractivity contribution >= 4 is 28.3 Å². The molecule has 3 aromatic rings. The molecule has 1 amide bonds. The number of amides is 1. The van der Waals surface area contributed by atoms with Gasteiger partial charge in [-0.05, 0) is 49.9 Å². The lowest BCUT2D eigenvalue weighted by Crippen LogP contribution is -2.39. The number of rotatable bonds is 5. The highest BCUT2D eigenvalue weighted by Gasteiger charge is 2.20. The molecule has 0 atom stereocenters. The first-order valence-electron chi connectivity index (χ1n) is 10.8. The Hall–Kier alpha value is -3.55. The molecule has 0 radical (unpaired) electrons. The molecule has 0 spiro atoms. The maximum Gasteiger partial charge on any atom is 0.316 e. The van der Waals surface area contributed by atoms with Gasteiger partial charge in [0.2, 0.25) is 0 Å². The molecule has 0 aliphatic carbocycles. The van der Waals surface area contributed by atoms with E-state index >= 15 is 0 Å². The molecule has 2 heterocycles. The number of hydrogen-bond acceptors (Lipinski definition) is 5. The van der Waals surface area contributed by atoms with E-state index in [1.165, 1.54) is 15.6 Å². The Balaban J connectivity index is 1.71. The van der Waals surface area contributed by atoms with Crippen LogP contribution in [0.5, 0.6) is 5.75 Å². The zero-order valence-corrected chi connectivity index (χ0v) is 18.7. The highest BCUT2D eigenvalue weighted by Crippen LogP contribution is 2.32. The van der Waals surface area contributed by atoms with Crippen molar-refractivity contribution in [3.05, 3.63) is 62.7 Å². The number of fused-ring (bicyclic) bond motifs is 1. The predicted octanol–water partition coefficient (Wildman–Crippen LogP) is 2.55. The van der Waals surface area contributed by atoms with E-state index in [0.717, 1.165) is 37.2 Å². The fraction of sp³-hybridized carbons (Fsp3) is 0.375. The maximum atomic E-state index is 12.8. The molecule has 2 aromatic carbocycles. The molecular formula is C24H28N4O4. The third-order valence-corrected chi connectivity index (χ3v) is 6.03. The van der Waals surface area contributed by atoms with E-state index in [2.05, 4.69) is 10.2 Å². The predicted molar refractivity (Wildman–Crippen MR) is 126 cm³/mol. The van der Waals surface area contributed by atoms with Crippen molar-refractivity contribution in [2.24, 2.45) is 14.1 Å². The van der Waals surface area contributed by atoms with Crippen molar-refractivity contribution < 1.29 is 9.53 Å². The van der Waals surface area contributed by atoms with Crippen LogP contribution in [0.3, 0.4) is 0 Å². The second-order valence-corrected chi connectivity index (χ2v) is 8.24. The van der Waals surface area contributed by atoms with Gasteiger partial charge in [0.25, 0.3) is 5.91 Å². The van der Waals surface area contributed by atoms with Crippen LogP contribution in [0.15, 0.2) is 46.0 Å². The molecule has 1 saturated heterocycles. The molecule has 8 heteroatoms. The lowest BCUT2D eigenvalue weighted by molar-refractivity contribution is -0.118. The monoisotopic (exact) mass is 436 g/mol. The first-order chi connectivity index (χ1) is 15.4. The van der Waals surface area contributed by atoms with Gasteiger partial charge >= 0.3 is 11.1 Å². The highest BCUT2D eigenvalue weighted by molar-refractivity contribution is 5.99. The van der Waals surface area contributed by atoms with Crippen LogP contribution in [-0.4, -0.2) is 34.7 Å². The molecule has 1 aromatic heterocycles. The topological polar surface area (TPSA) is 85.6 Å². The number of piperidine rings is 1. The first kappa shape index (κ1) is 21.7. The Kier molecular flexibility index (Phi) is 6.03. The molecular weight excluding hydrogens is 408 g/mol. The number of hydrogen-bond donors (Lipinski definition) is 1. The lowest BCUT2D eigenvalue weighted by atomic mass is 10.1. The van der Waals surface area contributed by atoms with Crippen molar-refractivity contribution in [2.45, 2.75) is 26.2 Å². The van der Waals surface area contributed by atoms with Crippen LogP contribution < -0.4 is 26.1 Å². The summed E-state index contributed by atoms with van der Waals surface area (Å²) in [6.07, 6.45) is 3.30. The summed E-state index contributed by atoms with van der Waals surface area (Å²) >= 11 is 0. The molecule has 8 nitrogen and oxygen atoms in total. The van der Waals surface area contributed by atoms with E-state index in [1.54, 1.807) is 20.2 Å². The van der Waals surface area contributed by atoms with Crippen LogP contribution in [0, 0.1) is 6.92 Å². The summed E-state index contributed by atoms with van der Waals surface area (Å²) in [5, 5.41) is 2.96. The molecule has 1 aliphatic rings. The van der Waals surface area contributed by atoms with Crippen molar-refractivity contribution in [3.63, 3.8) is 0 Å². The fourth-order valence-electron chi connectivity index (χ4n) is 4.15. The number of carbonyl (C=O) groups is 1. The Bertz CT molecular complexity index is 1290. The zero-order valence-electron chi connectivity index (χ0n) is 18.7. The van der Waals surface area contributed by atoms with Crippen LogP contribution >= 0.6 is 0 Å². The number of anilines is 2. The van der Waals surface area contributed by atoms with Crippen molar-refractivity contribution in [2.75, 3.05) is 29.9 Å². The molecule has 0 bridgehead atoms. The molecule has 0 saturated carbocycles. The minimum Gasteiger partial charge on any atom is -0.483 e. The van der Waals surface area contributed by atoms with Crippen LogP contribution in [0.2, 0.25) is 0 Å². The molecule has 4 rings (SSSR count).